The predicted octanol–water partition coefficient (Wildman–Crippen LogP) is 4.74. The van der Waals surface area contributed by atoms with Gasteiger partial charge in [-0.2, -0.15) is 0 Å². The fourth-order valence-electron chi connectivity index (χ4n) is 3.20. The second-order valence-electron chi connectivity index (χ2n) is 7.34. The minimum Gasteiger partial charge on any atom is -0.330 e. The van der Waals surface area contributed by atoms with E-state index in [1.807, 2.05) is 6.07 Å². The van der Waals surface area contributed by atoms with E-state index in [-0.39, 0.29) is 30.7 Å². The smallest absolute Gasteiger partial charge is 0.224 e. The van der Waals surface area contributed by atoms with Crippen molar-refractivity contribution in [3.63, 3.8) is 0 Å². The number of amides is 1. The zero-order valence-corrected chi connectivity index (χ0v) is 17.8. The first-order valence-electron chi connectivity index (χ1n) is 9.43. The number of benzene rings is 1. The van der Waals surface area contributed by atoms with E-state index in [4.69, 9.17) is 5.73 Å². The van der Waals surface area contributed by atoms with Gasteiger partial charge in [0.15, 0.2) is 0 Å². The topological polar surface area (TPSA) is 58.4 Å². The number of rotatable bonds is 10. The number of nitrogens with two attached hydrogens (primary N) is 1. The van der Waals surface area contributed by atoms with Crippen molar-refractivity contribution in [2.24, 2.45) is 11.7 Å². The first-order chi connectivity index (χ1) is 11.6. The average Bonchev–Trinajstić information content (AvgIpc) is 2.97. The number of halogens is 2. The maximum atomic E-state index is 12.2. The normalized spacial score (nSPS) is 13.1. The van der Waals surface area contributed by atoms with Crippen LogP contribution >= 0.6 is 24.8 Å². The SMILES string of the molecule is CC(C)CCN1Cc2cccc(NC(=O)CCCCCCN)c2C1.Cl.Cl. The maximum absolute atomic E-state index is 12.2. The summed E-state index contributed by atoms with van der Waals surface area (Å²) in [5.41, 5.74) is 9.16. The van der Waals surface area contributed by atoms with E-state index in [1.54, 1.807) is 0 Å². The van der Waals surface area contributed by atoms with Crippen LogP contribution in [0.1, 0.15) is 63.5 Å². The molecule has 0 radical (unpaired) electrons. The summed E-state index contributed by atoms with van der Waals surface area (Å²) >= 11 is 0. The van der Waals surface area contributed by atoms with Crippen molar-refractivity contribution in [1.82, 2.24) is 4.90 Å². The lowest BCUT2D eigenvalue weighted by Gasteiger charge is -2.16. The van der Waals surface area contributed by atoms with Gasteiger partial charge >= 0.3 is 0 Å². The van der Waals surface area contributed by atoms with Crippen LogP contribution in [-0.2, 0) is 17.9 Å². The Morgan fingerprint density at radius 3 is 2.58 bits per heavy atom. The molecule has 1 aliphatic rings. The van der Waals surface area contributed by atoms with Crippen LogP contribution in [0.3, 0.4) is 0 Å². The summed E-state index contributed by atoms with van der Waals surface area (Å²) < 4.78 is 0. The lowest BCUT2D eigenvalue weighted by Crippen LogP contribution is -2.19. The molecule has 1 aromatic rings. The quantitative estimate of drug-likeness (QED) is 0.554. The summed E-state index contributed by atoms with van der Waals surface area (Å²) in [6.07, 6.45) is 6.03. The molecule has 1 aromatic carbocycles. The molecule has 1 amide bonds. The highest BCUT2D eigenvalue weighted by Gasteiger charge is 2.22. The van der Waals surface area contributed by atoms with Gasteiger partial charge in [0.05, 0.1) is 0 Å². The van der Waals surface area contributed by atoms with Crippen molar-refractivity contribution < 1.29 is 4.79 Å². The number of carbonyl (C=O) groups excluding carboxylic acids is 1. The fraction of sp³-hybridized carbons (Fsp3) is 0.650. The summed E-state index contributed by atoms with van der Waals surface area (Å²) in [4.78, 5) is 14.7. The number of hydrogen-bond donors (Lipinski definition) is 2. The van der Waals surface area contributed by atoms with Crippen LogP contribution in [-0.4, -0.2) is 23.9 Å². The van der Waals surface area contributed by atoms with Gasteiger partial charge in [0.2, 0.25) is 5.91 Å². The third-order valence-corrected chi connectivity index (χ3v) is 4.70. The Labute approximate surface area is 171 Å². The van der Waals surface area contributed by atoms with Gasteiger partial charge in [0, 0.05) is 25.2 Å². The Hall–Kier alpha value is -0.810. The van der Waals surface area contributed by atoms with Crippen LogP contribution < -0.4 is 11.1 Å². The second kappa shape index (κ2) is 13.4. The maximum Gasteiger partial charge on any atom is 0.224 e. The number of carbonyl (C=O) groups is 1. The Kier molecular flexibility index (Phi) is 13.0. The Bertz CT molecular complexity index is 538. The molecular formula is C20H35Cl2N3O. The van der Waals surface area contributed by atoms with E-state index < -0.39 is 0 Å². The summed E-state index contributed by atoms with van der Waals surface area (Å²) in [6.45, 7) is 8.36. The summed E-state index contributed by atoms with van der Waals surface area (Å²) in [6, 6.07) is 6.28. The van der Waals surface area contributed by atoms with Crippen molar-refractivity contribution in [3.8, 4) is 0 Å². The highest BCUT2D eigenvalue weighted by molar-refractivity contribution is 5.91. The Balaban J connectivity index is 0.00000312. The zero-order chi connectivity index (χ0) is 17.4. The van der Waals surface area contributed by atoms with Gasteiger partial charge in [-0.15, -0.1) is 24.8 Å². The molecule has 0 saturated carbocycles. The van der Waals surface area contributed by atoms with Gasteiger partial charge in [-0.25, -0.2) is 0 Å². The highest BCUT2D eigenvalue weighted by Crippen LogP contribution is 2.29. The number of nitrogens with one attached hydrogen (secondary N) is 1. The molecule has 1 heterocycles. The van der Waals surface area contributed by atoms with Crippen molar-refractivity contribution in [2.75, 3.05) is 18.4 Å². The van der Waals surface area contributed by atoms with Gasteiger partial charge in [0.1, 0.15) is 0 Å². The van der Waals surface area contributed by atoms with Crippen LogP contribution in [0.15, 0.2) is 18.2 Å². The van der Waals surface area contributed by atoms with Crippen LogP contribution in [0.2, 0.25) is 0 Å². The van der Waals surface area contributed by atoms with Crippen LogP contribution in [0.4, 0.5) is 5.69 Å². The van der Waals surface area contributed by atoms with E-state index in [0.717, 1.165) is 63.5 Å². The standard InChI is InChI=1S/C20H33N3O.2ClH/c1-16(2)11-13-23-14-17-8-7-9-19(18(17)15-23)22-20(24)10-5-3-4-6-12-21;;/h7-9,16H,3-6,10-15,21H2,1-2H3,(H,22,24);2*1H. The number of unbranched alkanes of at least 4 members (excludes halogenated alkanes) is 3. The van der Waals surface area contributed by atoms with Crippen molar-refractivity contribution in [3.05, 3.63) is 29.3 Å². The molecule has 0 spiro atoms. The van der Waals surface area contributed by atoms with Gasteiger partial charge in [-0.05, 0) is 55.5 Å². The summed E-state index contributed by atoms with van der Waals surface area (Å²) in [5, 5.41) is 3.13. The first-order valence-corrected chi connectivity index (χ1v) is 9.43. The molecule has 2 rings (SSSR count). The van der Waals surface area contributed by atoms with E-state index in [1.165, 1.54) is 17.5 Å². The Morgan fingerprint density at radius 2 is 1.88 bits per heavy atom. The van der Waals surface area contributed by atoms with Crippen molar-refractivity contribution in [1.29, 1.82) is 0 Å². The lowest BCUT2D eigenvalue weighted by atomic mass is 10.1. The average molecular weight is 404 g/mol. The highest BCUT2D eigenvalue weighted by atomic mass is 35.5. The molecule has 0 atom stereocenters. The number of anilines is 1. The molecule has 0 unspecified atom stereocenters. The van der Waals surface area contributed by atoms with E-state index >= 15 is 0 Å². The van der Waals surface area contributed by atoms with E-state index in [2.05, 4.69) is 36.2 Å². The van der Waals surface area contributed by atoms with E-state index in [9.17, 15) is 4.79 Å². The monoisotopic (exact) mass is 403 g/mol. The number of nitrogens with zero attached hydrogens (tertiary/aromatic N) is 1. The van der Waals surface area contributed by atoms with Gasteiger partial charge < -0.3 is 11.1 Å². The molecule has 0 fully saturated rings. The second-order valence-corrected chi connectivity index (χ2v) is 7.34. The third kappa shape index (κ3) is 8.26. The minimum atomic E-state index is 0. The van der Waals surface area contributed by atoms with Crippen LogP contribution in [0, 0.1) is 5.92 Å². The van der Waals surface area contributed by atoms with Crippen molar-refractivity contribution >= 4 is 36.4 Å². The predicted molar refractivity (Wildman–Crippen MR) is 115 cm³/mol. The minimum absolute atomic E-state index is 0. The fourth-order valence-corrected chi connectivity index (χ4v) is 3.20. The number of hydrogen-bond acceptors (Lipinski definition) is 3. The Morgan fingerprint density at radius 1 is 1.15 bits per heavy atom. The molecule has 4 nitrogen and oxygen atoms in total. The molecule has 0 bridgehead atoms. The summed E-state index contributed by atoms with van der Waals surface area (Å²) in [7, 11) is 0. The van der Waals surface area contributed by atoms with Crippen LogP contribution in [0.25, 0.3) is 0 Å². The molecule has 150 valence electrons. The van der Waals surface area contributed by atoms with Crippen LogP contribution in [0.5, 0.6) is 0 Å². The molecule has 6 heteroatoms. The summed E-state index contributed by atoms with van der Waals surface area (Å²) in [5.74, 6) is 0.865. The third-order valence-electron chi connectivity index (χ3n) is 4.70. The molecule has 1 aliphatic heterocycles. The number of fused-ring (bicyclic) bond motifs is 1. The van der Waals surface area contributed by atoms with Gasteiger partial charge in [-0.3, -0.25) is 9.69 Å². The molecular weight excluding hydrogens is 369 g/mol. The molecule has 3 N–H and O–H groups in total. The van der Waals surface area contributed by atoms with Gasteiger partial charge in [-0.1, -0.05) is 38.8 Å². The van der Waals surface area contributed by atoms with E-state index in [0.29, 0.717) is 6.42 Å². The molecule has 0 aromatic heterocycles. The zero-order valence-electron chi connectivity index (χ0n) is 16.1. The van der Waals surface area contributed by atoms with Crippen molar-refractivity contribution in [2.45, 2.75) is 65.5 Å². The molecule has 26 heavy (non-hydrogen) atoms. The molecule has 0 saturated heterocycles. The van der Waals surface area contributed by atoms with Gasteiger partial charge in [0.25, 0.3) is 0 Å². The first kappa shape index (κ1) is 25.2. The molecule has 0 aliphatic carbocycles. The lowest BCUT2D eigenvalue weighted by molar-refractivity contribution is -0.116. The largest absolute Gasteiger partial charge is 0.330 e.